The predicted octanol–water partition coefficient (Wildman–Crippen LogP) is 1.37. The highest BCUT2D eigenvalue weighted by Crippen LogP contribution is 2.26. The lowest BCUT2D eigenvalue weighted by molar-refractivity contribution is -0.131. The van der Waals surface area contributed by atoms with Crippen molar-refractivity contribution in [3.8, 4) is 0 Å². The van der Waals surface area contributed by atoms with Crippen LogP contribution in [0.25, 0.3) is 0 Å². The highest BCUT2D eigenvalue weighted by molar-refractivity contribution is 6.39. The summed E-state index contributed by atoms with van der Waals surface area (Å²) in [6.45, 7) is 2.10. The quantitative estimate of drug-likeness (QED) is 0.633. The molecule has 1 atom stereocenters. The lowest BCUT2D eigenvalue weighted by atomic mass is 9.96. The number of hydrogen-bond acceptors (Lipinski definition) is 3. The maximum absolute atomic E-state index is 11.2. The summed E-state index contributed by atoms with van der Waals surface area (Å²) in [6.07, 6.45) is 1.11. The van der Waals surface area contributed by atoms with Gasteiger partial charge in [0.1, 0.15) is 0 Å². The van der Waals surface area contributed by atoms with E-state index in [1.165, 1.54) is 5.56 Å². The zero-order valence-electron chi connectivity index (χ0n) is 9.72. The molecule has 1 heterocycles. The van der Waals surface area contributed by atoms with Crippen LogP contribution in [0.5, 0.6) is 0 Å². The molecule has 0 aromatic heterocycles. The summed E-state index contributed by atoms with van der Waals surface area (Å²) in [5, 5.41) is 8.59. The Morgan fingerprint density at radius 2 is 1.94 bits per heavy atom. The molecule has 1 aromatic rings. The Hall–Kier alpha value is -1.68. The largest absolute Gasteiger partial charge is 0.475 e. The van der Waals surface area contributed by atoms with Crippen molar-refractivity contribution in [2.75, 3.05) is 20.1 Å². The zero-order chi connectivity index (χ0) is 12.4. The second-order valence-corrected chi connectivity index (χ2v) is 4.50. The molecule has 90 valence electrons. The van der Waals surface area contributed by atoms with Crippen LogP contribution in [0.1, 0.15) is 28.3 Å². The predicted molar refractivity (Wildman–Crippen MR) is 63.3 cm³/mol. The smallest absolute Gasteiger partial charge is 0.377 e. The van der Waals surface area contributed by atoms with E-state index in [-0.39, 0.29) is 5.56 Å². The number of rotatable bonds is 3. The summed E-state index contributed by atoms with van der Waals surface area (Å²) in [4.78, 5) is 24.0. The van der Waals surface area contributed by atoms with Gasteiger partial charge in [0.15, 0.2) is 0 Å². The number of aliphatic carboxylic acids is 1. The molecule has 4 nitrogen and oxygen atoms in total. The molecule has 0 amide bonds. The van der Waals surface area contributed by atoms with E-state index in [1.54, 1.807) is 12.1 Å². The van der Waals surface area contributed by atoms with E-state index < -0.39 is 11.8 Å². The Bertz CT molecular complexity index is 438. The lowest BCUT2D eigenvalue weighted by Gasteiger charge is -2.10. The summed E-state index contributed by atoms with van der Waals surface area (Å²) in [5.74, 6) is -1.76. The second kappa shape index (κ2) is 4.67. The molecule has 4 heteroatoms. The molecule has 0 aliphatic carbocycles. The third kappa shape index (κ3) is 2.53. The van der Waals surface area contributed by atoms with Crippen molar-refractivity contribution in [2.45, 2.75) is 12.3 Å². The SMILES string of the molecule is CN1CCC(c2ccc(C(=O)C(=O)O)cc2)C1. The molecule has 1 aromatic carbocycles. The van der Waals surface area contributed by atoms with Gasteiger partial charge in [-0.25, -0.2) is 4.79 Å². The van der Waals surface area contributed by atoms with Crippen LogP contribution < -0.4 is 0 Å². The minimum Gasteiger partial charge on any atom is -0.475 e. The monoisotopic (exact) mass is 233 g/mol. The fourth-order valence-corrected chi connectivity index (χ4v) is 2.24. The van der Waals surface area contributed by atoms with E-state index in [2.05, 4.69) is 11.9 Å². The third-order valence-corrected chi connectivity index (χ3v) is 3.23. The molecule has 1 N–H and O–H groups in total. The van der Waals surface area contributed by atoms with Gasteiger partial charge < -0.3 is 10.0 Å². The molecule has 2 rings (SSSR count). The summed E-state index contributed by atoms with van der Waals surface area (Å²) in [7, 11) is 2.09. The van der Waals surface area contributed by atoms with Crippen molar-refractivity contribution in [3.05, 3.63) is 35.4 Å². The van der Waals surface area contributed by atoms with Crippen LogP contribution >= 0.6 is 0 Å². The van der Waals surface area contributed by atoms with Gasteiger partial charge in [0, 0.05) is 12.1 Å². The maximum Gasteiger partial charge on any atom is 0.377 e. The molecular weight excluding hydrogens is 218 g/mol. The van der Waals surface area contributed by atoms with Gasteiger partial charge in [-0.1, -0.05) is 24.3 Å². The molecule has 1 saturated heterocycles. The van der Waals surface area contributed by atoms with Crippen molar-refractivity contribution in [3.63, 3.8) is 0 Å². The van der Waals surface area contributed by atoms with Gasteiger partial charge in [0.25, 0.3) is 5.78 Å². The van der Waals surface area contributed by atoms with Crippen LogP contribution in [0.3, 0.4) is 0 Å². The molecule has 0 radical (unpaired) electrons. The number of benzene rings is 1. The van der Waals surface area contributed by atoms with E-state index in [0.29, 0.717) is 5.92 Å². The van der Waals surface area contributed by atoms with Crippen molar-refractivity contribution in [1.82, 2.24) is 4.90 Å². The van der Waals surface area contributed by atoms with Crippen LogP contribution in [-0.2, 0) is 4.79 Å². The number of nitrogens with zero attached hydrogens (tertiary/aromatic N) is 1. The topological polar surface area (TPSA) is 57.6 Å². The molecule has 1 aliphatic heterocycles. The Morgan fingerprint density at radius 3 is 2.41 bits per heavy atom. The lowest BCUT2D eigenvalue weighted by Crippen LogP contribution is -2.14. The second-order valence-electron chi connectivity index (χ2n) is 4.50. The molecule has 17 heavy (non-hydrogen) atoms. The first kappa shape index (κ1) is 11.8. The Kier molecular flexibility index (Phi) is 3.24. The molecule has 1 fully saturated rings. The van der Waals surface area contributed by atoms with E-state index in [0.717, 1.165) is 19.5 Å². The molecule has 0 bridgehead atoms. The van der Waals surface area contributed by atoms with Crippen molar-refractivity contribution >= 4 is 11.8 Å². The van der Waals surface area contributed by atoms with Crippen molar-refractivity contribution in [1.29, 1.82) is 0 Å². The van der Waals surface area contributed by atoms with Gasteiger partial charge in [-0.3, -0.25) is 4.79 Å². The fraction of sp³-hybridized carbons (Fsp3) is 0.385. The molecule has 0 saturated carbocycles. The van der Waals surface area contributed by atoms with Crippen molar-refractivity contribution < 1.29 is 14.7 Å². The summed E-state index contributed by atoms with van der Waals surface area (Å²) in [5.41, 5.74) is 1.42. The first-order chi connectivity index (χ1) is 8.08. The number of hydrogen-bond donors (Lipinski definition) is 1. The van der Waals surface area contributed by atoms with Crippen LogP contribution in [0.15, 0.2) is 24.3 Å². The Balaban J connectivity index is 2.13. The van der Waals surface area contributed by atoms with Gasteiger partial charge in [-0.15, -0.1) is 0 Å². The first-order valence-corrected chi connectivity index (χ1v) is 5.64. The standard InChI is InChI=1S/C13H15NO3/c1-14-7-6-11(8-14)9-2-4-10(5-3-9)12(15)13(16)17/h2-5,11H,6-8H2,1H3,(H,16,17). The van der Waals surface area contributed by atoms with Gasteiger partial charge >= 0.3 is 5.97 Å². The number of carboxylic acid groups (broad SMARTS) is 1. The normalized spacial score (nSPS) is 20.4. The number of likely N-dealkylation sites (tertiary alicyclic amines) is 1. The summed E-state index contributed by atoms with van der Waals surface area (Å²) in [6, 6.07) is 6.92. The zero-order valence-corrected chi connectivity index (χ0v) is 9.72. The first-order valence-electron chi connectivity index (χ1n) is 5.64. The van der Waals surface area contributed by atoms with E-state index in [4.69, 9.17) is 5.11 Å². The molecule has 1 aliphatic rings. The Labute approximate surface area is 99.9 Å². The number of likely N-dealkylation sites (N-methyl/N-ethyl adjacent to an activating group) is 1. The molecule has 0 spiro atoms. The Morgan fingerprint density at radius 1 is 1.29 bits per heavy atom. The molecule has 1 unspecified atom stereocenters. The van der Waals surface area contributed by atoms with Crippen LogP contribution in [0.4, 0.5) is 0 Å². The minimum atomic E-state index is -1.40. The van der Waals surface area contributed by atoms with Gasteiger partial charge in [0.05, 0.1) is 0 Å². The van der Waals surface area contributed by atoms with Crippen LogP contribution in [0.2, 0.25) is 0 Å². The average Bonchev–Trinajstić information content (AvgIpc) is 2.75. The summed E-state index contributed by atoms with van der Waals surface area (Å²) >= 11 is 0. The highest BCUT2D eigenvalue weighted by Gasteiger charge is 2.21. The maximum atomic E-state index is 11.2. The number of carbonyl (C=O) groups is 2. The number of carboxylic acids is 1. The number of Topliss-reactive ketones (excluding diaryl/α,β-unsaturated/α-hetero) is 1. The highest BCUT2D eigenvalue weighted by atomic mass is 16.4. The van der Waals surface area contributed by atoms with E-state index >= 15 is 0 Å². The average molecular weight is 233 g/mol. The van der Waals surface area contributed by atoms with E-state index in [1.807, 2.05) is 12.1 Å². The van der Waals surface area contributed by atoms with Crippen LogP contribution in [-0.4, -0.2) is 41.9 Å². The number of ketones is 1. The van der Waals surface area contributed by atoms with E-state index in [9.17, 15) is 9.59 Å². The third-order valence-electron chi connectivity index (χ3n) is 3.23. The van der Waals surface area contributed by atoms with Gasteiger partial charge in [0.2, 0.25) is 0 Å². The van der Waals surface area contributed by atoms with Crippen LogP contribution in [0, 0.1) is 0 Å². The van der Waals surface area contributed by atoms with Crippen molar-refractivity contribution in [2.24, 2.45) is 0 Å². The molecular formula is C13H15NO3. The van der Waals surface area contributed by atoms with Gasteiger partial charge in [-0.2, -0.15) is 0 Å². The van der Waals surface area contributed by atoms with Gasteiger partial charge in [-0.05, 0) is 31.5 Å². The summed E-state index contributed by atoms with van der Waals surface area (Å²) < 4.78 is 0. The number of carbonyl (C=O) groups excluding carboxylic acids is 1. The minimum absolute atomic E-state index is 0.243. The fourth-order valence-electron chi connectivity index (χ4n) is 2.24.